The molecule has 5 nitrogen and oxygen atoms in total. The van der Waals surface area contributed by atoms with E-state index in [1.807, 2.05) is 4.90 Å². The molecule has 1 atom stereocenters. The standard InChI is InChI=1S/C25H34N2O3/c28-23(26-13-15-30-16-14-26)17-20-18-25(22-8-4-3-7-21(20)22)9-11-27(12-10-25)24(29)19-5-1-2-6-19/h3-4,7-8,19-20H,1-2,5-6,9-18H2/t20-/m1/s1. The summed E-state index contributed by atoms with van der Waals surface area (Å²) in [6, 6.07) is 8.77. The van der Waals surface area contributed by atoms with E-state index < -0.39 is 0 Å². The first-order valence-corrected chi connectivity index (χ1v) is 11.9. The Hall–Kier alpha value is -1.88. The predicted molar refractivity (Wildman–Crippen MR) is 115 cm³/mol. The number of carbonyl (C=O) groups excluding carboxylic acids is 2. The monoisotopic (exact) mass is 410 g/mol. The molecule has 1 spiro atoms. The van der Waals surface area contributed by atoms with Crippen LogP contribution < -0.4 is 0 Å². The second-order valence-electron chi connectivity index (χ2n) is 9.77. The SMILES string of the molecule is O=C(C[C@@H]1CC2(CCN(C(=O)C3CCCC3)CC2)c2ccccc21)N1CCOCC1. The smallest absolute Gasteiger partial charge is 0.225 e. The fourth-order valence-corrected chi connectivity index (χ4v) is 6.42. The Morgan fingerprint density at radius 3 is 2.40 bits per heavy atom. The van der Waals surface area contributed by atoms with Gasteiger partial charge in [-0.3, -0.25) is 9.59 Å². The number of hydrogen-bond donors (Lipinski definition) is 0. The normalized spacial score (nSPS) is 26.2. The fraction of sp³-hybridized carbons (Fsp3) is 0.680. The van der Waals surface area contributed by atoms with Crippen molar-refractivity contribution in [1.82, 2.24) is 9.80 Å². The van der Waals surface area contributed by atoms with Gasteiger partial charge in [-0.1, -0.05) is 37.1 Å². The molecular formula is C25H34N2O3. The van der Waals surface area contributed by atoms with Crippen molar-refractivity contribution in [2.75, 3.05) is 39.4 Å². The molecule has 2 saturated heterocycles. The van der Waals surface area contributed by atoms with Gasteiger partial charge in [0.05, 0.1) is 13.2 Å². The molecule has 30 heavy (non-hydrogen) atoms. The summed E-state index contributed by atoms with van der Waals surface area (Å²) < 4.78 is 5.41. The summed E-state index contributed by atoms with van der Waals surface area (Å²) >= 11 is 0. The first-order chi connectivity index (χ1) is 14.7. The van der Waals surface area contributed by atoms with Gasteiger partial charge in [0.25, 0.3) is 0 Å². The van der Waals surface area contributed by atoms with Crippen molar-refractivity contribution in [3.63, 3.8) is 0 Å². The average molecular weight is 411 g/mol. The molecular weight excluding hydrogens is 376 g/mol. The number of hydrogen-bond acceptors (Lipinski definition) is 3. The van der Waals surface area contributed by atoms with Gasteiger partial charge in [-0.15, -0.1) is 0 Å². The second kappa shape index (κ2) is 8.33. The minimum Gasteiger partial charge on any atom is -0.378 e. The summed E-state index contributed by atoms with van der Waals surface area (Å²) in [7, 11) is 0. The lowest BCUT2D eigenvalue weighted by molar-refractivity contribution is -0.137. The van der Waals surface area contributed by atoms with Crippen molar-refractivity contribution < 1.29 is 14.3 Å². The van der Waals surface area contributed by atoms with Crippen LogP contribution in [0, 0.1) is 5.92 Å². The number of benzene rings is 1. The number of likely N-dealkylation sites (tertiary alicyclic amines) is 1. The van der Waals surface area contributed by atoms with Gasteiger partial charge in [0.1, 0.15) is 0 Å². The fourth-order valence-electron chi connectivity index (χ4n) is 6.42. The molecule has 2 heterocycles. The van der Waals surface area contributed by atoms with Crippen LogP contribution in [0.1, 0.15) is 68.4 Å². The number of amides is 2. The van der Waals surface area contributed by atoms with Crippen LogP contribution in [0.2, 0.25) is 0 Å². The largest absolute Gasteiger partial charge is 0.378 e. The van der Waals surface area contributed by atoms with Gasteiger partial charge in [-0.25, -0.2) is 0 Å². The maximum atomic E-state index is 12.9. The Morgan fingerprint density at radius 1 is 0.967 bits per heavy atom. The number of rotatable bonds is 3. The van der Waals surface area contributed by atoms with Gasteiger partial charge in [-0.05, 0) is 54.6 Å². The van der Waals surface area contributed by atoms with E-state index in [-0.39, 0.29) is 17.2 Å². The van der Waals surface area contributed by atoms with E-state index in [1.165, 1.54) is 24.0 Å². The molecule has 0 aromatic heterocycles. The zero-order chi connectivity index (χ0) is 20.6. The number of morpholine rings is 1. The highest BCUT2D eigenvalue weighted by atomic mass is 16.5. The minimum absolute atomic E-state index is 0.138. The van der Waals surface area contributed by atoms with Crippen LogP contribution in [0.4, 0.5) is 0 Å². The lowest BCUT2D eigenvalue weighted by atomic mass is 9.73. The Labute approximate surface area is 179 Å². The van der Waals surface area contributed by atoms with Gasteiger partial charge in [0.2, 0.25) is 11.8 Å². The van der Waals surface area contributed by atoms with Crippen LogP contribution in [0.3, 0.4) is 0 Å². The molecule has 2 aliphatic carbocycles. The van der Waals surface area contributed by atoms with Crippen molar-refractivity contribution in [3.05, 3.63) is 35.4 Å². The van der Waals surface area contributed by atoms with Crippen LogP contribution >= 0.6 is 0 Å². The van der Waals surface area contributed by atoms with Crippen molar-refractivity contribution in [2.45, 2.75) is 62.7 Å². The Kier molecular flexibility index (Phi) is 5.57. The van der Waals surface area contributed by atoms with Crippen LogP contribution in [-0.4, -0.2) is 61.0 Å². The van der Waals surface area contributed by atoms with Crippen LogP contribution in [0.15, 0.2) is 24.3 Å². The van der Waals surface area contributed by atoms with E-state index in [0.29, 0.717) is 31.5 Å². The highest BCUT2D eigenvalue weighted by Crippen LogP contribution is 2.53. The highest BCUT2D eigenvalue weighted by Gasteiger charge is 2.46. The van der Waals surface area contributed by atoms with Gasteiger partial charge in [0.15, 0.2) is 0 Å². The first-order valence-electron chi connectivity index (χ1n) is 11.9. The van der Waals surface area contributed by atoms with E-state index in [4.69, 9.17) is 4.74 Å². The molecule has 1 saturated carbocycles. The molecule has 162 valence electrons. The number of piperidine rings is 1. The zero-order valence-corrected chi connectivity index (χ0v) is 18.0. The lowest BCUT2D eigenvalue weighted by Gasteiger charge is -2.41. The maximum Gasteiger partial charge on any atom is 0.225 e. The Morgan fingerprint density at radius 2 is 1.67 bits per heavy atom. The van der Waals surface area contributed by atoms with Crippen molar-refractivity contribution in [3.8, 4) is 0 Å². The highest BCUT2D eigenvalue weighted by molar-refractivity contribution is 5.79. The predicted octanol–water partition coefficient (Wildman–Crippen LogP) is 3.47. The van der Waals surface area contributed by atoms with Crippen LogP contribution in [-0.2, 0) is 19.7 Å². The minimum atomic E-state index is 0.138. The molecule has 0 N–H and O–H groups in total. The summed E-state index contributed by atoms with van der Waals surface area (Å²) in [5, 5.41) is 0. The number of ether oxygens (including phenoxy) is 1. The summed E-state index contributed by atoms with van der Waals surface area (Å²) in [4.78, 5) is 29.9. The van der Waals surface area contributed by atoms with E-state index in [1.54, 1.807) is 0 Å². The Bertz CT molecular complexity index is 787. The maximum absolute atomic E-state index is 12.9. The topological polar surface area (TPSA) is 49.9 Å². The zero-order valence-electron chi connectivity index (χ0n) is 18.0. The summed E-state index contributed by atoms with van der Waals surface area (Å²) in [6.45, 7) is 4.48. The number of fused-ring (bicyclic) bond motifs is 2. The molecule has 3 fully saturated rings. The van der Waals surface area contributed by atoms with Gasteiger partial charge in [0, 0.05) is 38.5 Å². The van der Waals surface area contributed by atoms with E-state index in [9.17, 15) is 9.59 Å². The van der Waals surface area contributed by atoms with Gasteiger partial charge in [-0.2, -0.15) is 0 Å². The molecule has 1 aromatic carbocycles. The summed E-state index contributed by atoms with van der Waals surface area (Å²) in [5.41, 5.74) is 2.95. The van der Waals surface area contributed by atoms with Gasteiger partial charge >= 0.3 is 0 Å². The first kappa shape index (κ1) is 20.0. The van der Waals surface area contributed by atoms with E-state index in [2.05, 4.69) is 29.2 Å². The molecule has 4 aliphatic rings. The van der Waals surface area contributed by atoms with Crippen molar-refractivity contribution in [1.29, 1.82) is 0 Å². The van der Waals surface area contributed by atoms with Gasteiger partial charge < -0.3 is 14.5 Å². The molecule has 1 aromatic rings. The van der Waals surface area contributed by atoms with Crippen LogP contribution in [0.5, 0.6) is 0 Å². The molecule has 2 amide bonds. The molecule has 5 heteroatoms. The lowest BCUT2D eigenvalue weighted by Crippen LogP contribution is -2.46. The molecule has 2 aliphatic heterocycles. The molecule has 0 unspecified atom stereocenters. The van der Waals surface area contributed by atoms with Crippen LogP contribution in [0.25, 0.3) is 0 Å². The third-order valence-corrected chi connectivity index (χ3v) is 8.13. The molecule has 0 bridgehead atoms. The van der Waals surface area contributed by atoms with Crippen molar-refractivity contribution >= 4 is 11.8 Å². The third kappa shape index (κ3) is 3.66. The molecule has 5 rings (SSSR count). The number of nitrogens with zero attached hydrogens (tertiary/aromatic N) is 2. The Balaban J connectivity index is 1.28. The third-order valence-electron chi connectivity index (χ3n) is 8.13. The van der Waals surface area contributed by atoms with E-state index >= 15 is 0 Å². The number of carbonyl (C=O) groups is 2. The average Bonchev–Trinajstić information content (AvgIpc) is 3.43. The summed E-state index contributed by atoms with van der Waals surface area (Å²) in [5.74, 6) is 1.24. The second-order valence-corrected chi connectivity index (χ2v) is 9.77. The van der Waals surface area contributed by atoms with E-state index in [0.717, 1.165) is 58.3 Å². The summed E-state index contributed by atoms with van der Waals surface area (Å²) in [6.07, 6.45) is 8.29. The molecule has 0 radical (unpaired) electrons. The quantitative estimate of drug-likeness (QED) is 0.767. The van der Waals surface area contributed by atoms with Crippen molar-refractivity contribution in [2.24, 2.45) is 5.92 Å².